The number of aromatic nitrogens is 2. The van der Waals surface area contributed by atoms with Crippen LogP contribution in [0.3, 0.4) is 0 Å². The van der Waals surface area contributed by atoms with Gasteiger partial charge in [0.25, 0.3) is 5.82 Å². The lowest BCUT2D eigenvalue weighted by Crippen LogP contribution is -2.34. The molecule has 2 rings (SSSR count). The van der Waals surface area contributed by atoms with Gasteiger partial charge in [-0.3, -0.25) is 5.73 Å². The van der Waals surface area contributed by atoms with Crippen LogP contribution in [-0.4, -0.2) is 5.10 Å². The summed E-state index contributed by atoms with van der Waals surface area (Å²) in [6.07, 6.45) is 1.81. The number of benzene rings is 1. The molecule has 12 heavy (non-hydrogen) atoms. The average molecular weight is 160 g/mol. The molecule has 0 saturated carbocycles. The number of nitrogen functional groups attached to an aromatic ring is 1. The van der Waals surface area contributed by atoms with Gasteiger partial charge in [-0.05, 0) is 12.1 Å². The van der Waals surface area contributed by atoms with Gasteiger partial charge in [-0.25, -0.2) is 5.10 Å². The summed E-state index contributed by atoms with van der Waals surface area (Å²) < 4.78 is 1.82. The van der Waals surface area contributed by atoms with Crippen molar-refractivity contribution in [2.24, 2.45) is 0 Å². The molecule has 0 bridgehead atoms. The van der Waals surface area contributed by atoms with Crippen molar-refractivity contribution in [3.05, 3.63) is 42.6 Å². The van der Waals surface area contributed by atoms with Crippen LogP contribution in [0.2, 0.25) is 0 Å². The Morgan fingerprint density at radius 3 is 2.42 bits per heavy atom. The number of nitrogens with zero attached hydrogens (tertiary/aromatic N) is 1. The Kier molecular flexibility index (Phi) is 1.55. The molecule has 1 aromatic carbocycles. The van der Waals surface area contributed by atoms with Crippen LogP contribution in [0, 0.1) is 0 Å². The first-order valence-electron chi connectivity index (χ1n) is 3.78. The lowest BCUT2D eigenvalue weighted by molar-refractivity contribution is -0.641. The van der Waals surface area contributed by atoms with E-state index in [0.29, 0.717) is 5.82 Å². The van der Waals surface area contributed by atoms with Crippen molar-refractivity contribution in [1.29, 1.82) is 0 Å². The number of nitrogens with two attached hydrogens (primary N) is 1. The van der Waals surface area contributed by atoms with Crippen molar-refractivity contribution in [3.8, 4) is 5.69 Å². The predicted octanol–water partition coefficient (Wildman–Crippen LogP) is 0.874. The molecule has 0 unspecified atom stereocenters. The number of H-pyrrole nitrogens is 1. The normalized spacial score (nSPS) is 10.0. The molecule has 0 radical (unpaired) electrons. The molecule has 0 saturated heterocycles. The van der Waals surface area contributed by atoms with E-state index in [1.807, 2.05) is 47.3 Å². The summed E-state index contributed by atoms with van der Waals surface area (Å²) in [5.41, 5.74) is 6.75. The van der Waals surface area contributed by atoms with Gasteiger partial charge in [0.1, 0.15) is 0 Å². The molecule has 0 fully saturated rings. The predicted molar refractivity (Wildman–Crippen MR) is 46.7 cm³/mol. The van der Waals surface area contributed by atoms with Gasteiger partial charge in [0.2, 0.25) is 0 Å². The number of anilines is 1. The van der Waals surface area contributed by atoms with Crippen molar-refractivity contribution in [2.45, 2.75) is 0 Å². The van der Waals surface area contributed by atoms with Crippen molar-refractivity contribution in [2.75, 3.05) is 5.73 Å². The topological polar surface area (TPSA) is 45.7 Å². The van der Waals surface area contributed by atoms with E-state index in [2.05, 4.69) is 5.10 Å². The van der Waals surface area contributed by atoms with Gasteiger partial charge in [-0.1, -0.05) is 18.2 Å². The van der Waals surface area contributed by atoms with Crippen LogP contribution >= 0.6 is 0 Å². The Labute approximate surface area is 70.4 Å². The van der Waals surface area contributed by atoms with E-state index >= 15 is 0 Å². The van der Waals surface area contributed by atoms with Crippen molar-refractivity contribution >= 4 is 5.82 Å². The average Bonchev–Trinajstić information content (AvgIpc) is 2.53. The first-order valence-corrected chi connectivity index (χ1v) is 3.78. The number of hydrogen-bond donors (Lipinski definition) is 2. The molecule has 0 aliphatic heterocycles. The molecule has 60 valence electrons. The highest BCUT2D eigenvalue weighted by atomic mass is 15.3. The van der Waals surface area contributed by atoms with Gasteiger partial charge in [0.15, 0.2) is 5.69 Å². The van der Waals surface area contributed by atoms with Crippen molar-refractivity contribution in [3.63, 3.8) is 0 Å². The second kappa shape index (κ2) is 2.70. The summed E-state index contributed by atoms with van der Waals surface area (Å²) in [6, 6.07) is 11.7. The summed E-state index contributed by atoms with van der Waals surface area (Å²) >= 11 is 0. The second-order valence-electron chi connectivity index (χ2n) is 2.56. The lowest BCUT2D eigenvalue weighted by atomic mass is 10.3. The highest BCUT2D eigenvalue weighted by Crippen LogP contribution is 1.99. The van der Waals surface area contributed by atoms with Gasteiger partial charge in [-0.2, -0.15) is 0 Å². The van der Waals surface area contributed by atoms with Gasteiger partial charge in [0, 0.05) is 12.3 Å². The highest BCUT2D eigenvalue weighted by Gasteiger charge is 2.05. The molecule has 0 aliphatic carbocycles. The quantitative estimate of drug-likeness (QED) is 0.597. The first kappa shape index (κ1) is 6.91. The summed E-state index contributed by atoms with van der Waals surface area (Å²) in [5.74, 6) is 0.709. The maximum Gasteiger partial charge on any atom is 0.298 e. The maximum atomic E-state index is 5.70. The minimum atomic E-state index is 0.709. The molecule has 0 aliphatic rings. The monoisotopic (exact) mass is 160 g/mol. The van der Waals surface area contributed by atoms with Crippen LogP contribution in [0.4, 0.5) is 5.82 Å². The van der Waals surface area contributed by atoms with Gasteiger partial charge < -0.3 is 0 Å². The summed E-state index contributed by atoms with van der Waals surface area (Å²) in [6.45, 7) is 0. The highest BCUT2D eigenvalue weighted by molar-refractivity contribution is 5.26. The van der Waals surface area contributed by atoms with E-state index in [0.717, 1.165) is 5.69 Å². The van der Waals surface area contributed by atoms with Gasteiger partial charge in [-0.15, -0.1) is 4.68 Å². The zero-order valence-corrected chi connectivity index (χ0v) is 6.57. The molecule has 0 amide bonds. The summed E-state index contributed by atoms with van der Waals surface area (Å²) in [7, 11) is 0. The Morgan fingerprint density at radius 1 is 1.08 bits per heavy atom. The van der Waals surface area contributed by atoms with E-state index in [1.54, 1.807) is 0 Å². The number of hydrogen-bond acceptors (Lipinski definition) is 1. The largest absolute Gasteiger partial charge is 0.298 e. The third-order valence-corrected chi connectivity index (χ3v) is 1.73. The SMILES string of the molecule is Nc1cc[nH][n+]1-c1ccccc1. The standard InChI is InChI=1S/C9H9N3/c10-9-6-7-11-12(9)8-4-2-1-3-5-8/h1-7H,(H2,10,11)/p+1. The van der Waals surface area contributed by atoms with E-state index in [9.17, 15) is 0 Å². The molecule has 0 spiro atoms. The summed E-state index contributed by atoms with van der Waals surface area (Å²) in [4.78, 5) is 0. The fraction of sp³-hybridized carbons (Fsp3) is 0. The first-order chi connectivity index (χ1) is 5.88. The van der Waals surface area contributed by atoms with Crippen LogP contribution in [0.25, 0.3) is 5.69 Å². The third-order valence-electron chi connectivity index (χ3n) is 1.73. The zero-order chi connectivity index (χ0) is 8.39. The zero-order valence-electron chi connectivity index (χ0n) is 6.57. The fourth-order valence-electron chi connectivity index (χ4n) is 1.15. The minimum absolute atomic E-state index is 0.709. The fourth-order valence-corrected chi connectivity index (χ4v) is 1.15. The number of nitrogens with one attached hydrogen (secondary N) is 1. The molecule has 1 aromatic heterocycles. The smallest absolute Gasteiger partial charge is 0.285 e. The number of rotatable bonds is 1. The van der Waals surface area contributed by atoms with Crippen LogP contribution < -0.4 is 10.4 Å². The second-order valence-corrected chi connectivity index (χ2v) is 2.56. The maximum absolute atomic E-state index is 5.70. The van der Waals surface area contributed by atoms with Crippen molar-refractivity contribution < 1.29 is 4.68 Å². The molecular weight excluding hydrogens is 150 g/mol. The van der Waals surface area contributed by atoms with Crippen LogP contribution in [0.1, 0.15) is 0 Å². The van der Waals surface area contributed by atoms with E-state index in [1.165, 1.54) is 0 Å². The van der Waals surface area contributed by atoms with Crippen LogP contribution in [0.5, 0.6) is 0 Å². The Morgan fingerprint density at radius 2 is 1.83 bits per heavy atom. The minimum Gasteiger partial charge on any atom is -0.285 e. The molecule has 2 aromatic rings. The molecule has 3 heteroatoms. The Bertz CT molecular complexity index is 364. The van der Waals surface area contributed by atoms with E-state index in [-0.39, 0.29) is 0 Å². The third kappa shape index (κ3) is 1.05. The molecule has 0 atom stereocenters. The van der Waals surface area contributed by atoms with Crippen LogP contribution in [-0.2, 0) is 0 Å². The van der Waals surface area contributed by atoms with Gasteiger partial charge in [0.05, 0.1) is 0 Å². The Hall–Kier alpha value is -1.77. The Balaban J connectivity index is 2.51. The summed E-state index contributed by atoms with van der Waals surface area (Å²) in [5, 5.41) is 3.01. The van der Waals surface area contributed by atoms with E-state index < -0.39 is 0 Å². The van der Waals surface area contributed by atoms with Gasteiger partial charge >= 0.3 is 0 Å². The molecule has 3 N–H and O–H groups in total. The number of aromatic amines is 1. The lowest BCUT2D eigenvalue weighted by Gasteiger charge is -1.94. The number of para-hydroxylation sites is 1. The molecule has 3 nitrogen and oxygen atoms in total. The van der Waals surface area contributed by atoms with E-state index in [4.69, 9.17) is 5.73 Å². The van der Waals surface area contributed by atoms with Crippen LogP contribution in [0.15, 0.2) is 42.6 Å². The molecule has 1 heterocycles. The van der Waals surface area contributed by atoms with Crippen molar-refractivity contribution in [1.82, 2.24) is 5.10 Å². The molecular formula is C9H10N3+.